The second-order valence-corrected chi connectivity index (χ2v) is 5.97. The van der Waals surface area contributed by atoms with Gasteiger partial charge in [0.05, 0.1) is 22.8 Å². The number of benzene rings is 3. The molecule has 0 aliphatic heterocycles. The topological polar surface area (TPSA) is 25.8 Å². The molecule has 0 saturated heterocycles. The maximum absolute atomic E-state index is 8.36. The zero-order chi connectivity index (χ0) is 19.6. The molecule has 4 rings (SSSR count). The first-order valence-corrected chi connectivity index (χ1v) is 8.63. The summed E-state index contributed by atoms with van der Waals surface area (Å²) in [6, 6.07) is 29.4. The van der Waals surface area contributed by atoms with E-state index < -0.39 is 6.37 Å². The van der Waals surface area contributed by atoms with Crippen LogP contribution >= 0.6 is 0 Å². The van der Waals surface area contributed by atoms with E-state index in [0.717, 1.165) is 22.4 Å². The fraction of sp³-hybridized carbons (Fsp3) is 0.0833. The van der Waals surface area contributed by atoms with Crippen LogP contribution in [0.1, 0.15) is 15.4 Å². The van der Waals surface area contributed by atoms with Gasteiger partial charge < -0.3 is 0 Å². The third-order valence-corrected chi connectivity index (χ3v) is 4.27. The molecule has 0 N–H and O–H groups in total. The average Bonchev–Trinajstić information content (AvgIpc) is 2.74. The van der Waals surface area contributed by atoms with E-state index in [1.807, 2.05) is 91.0 Å². The van der Waals surface area contributed by atoms with E-state index in [9.17, 15) is 0 Å². The predicted molar refractivity (Wildman–Crippen MR) is 108 cm³/mol. The molecule has 26 heavy (non-hydrogen) atoms. The second kappa shape index (κ2) is 7.32. The van der Waals surface area contributed by atoms with Crippen LogP contribution in [0.4, 0.5) is 0 Å². The lowest BCUT2D eigenvalue weighted by Gasteiger charge is -2.14. The summed E-state index contributed by atoms with van der Waals surface area (Å²) in [6.07, 6.45) is -1.63. The molecule has 2 heteroatoms. The van der Waals surface area contributed by atoms with Crippen LogP contribution < -0.4 is 0 Å². The minimum atomic E-state index is -1.63. The van der Waals surface area contributed by atoms with Gasteiger partial charge in [0.15, 0.2) is 0 Å². The van der Waals surface area contributed by atoms with E-state index in [1.165, 1.54) is 6.92 Å². The predicted octanol–water partition coefficient (Wildman–Crippen LogP) is 6.04. The minimum absolute atomic E-state index is 0.345. The highest BCUT2D eigenvalue weighted by Crippen LogP contribution is 2.33. The van der Waals surface area contributed by atoms with E-state index in [2.05, 4.69) is 0 Å². The van der Waals surface area contributed by atoms with Crippen LogP contribution in [0.2, 0.25) is 0 Å². The molecular weight excluding hydrogens is 316 g/mol. The standard InChI is InChI=1S/C24H20N2/c1-2-21-22(18-12-6-3-7-13-18)26-24(20-16-10-5-11-17-20)23(25-21)19-14-8-4-9-15-19/h3-17H,2H2,1H3/i2D2. The van der Waals surface area contributed by atoms with Gasteiger partial charge in [0.2, 0.25) is 0 Å². The smallest absolute Gasteiger partial charge is 0.0973 e. The molecule has 0 aliphatic rings. The summed E-state index contributed by atoms with van der Waals surface area (Å²) < 4.78 is 16.7. The molecule has 1 heterocycles. The van der Waals surface area contributed by atoms with Gasteiger partial charge >= 0.3 is 0 Å². The number of nitrogens with zero attached hydrogens (tertiary/aromatic N) is 2. The molecule has 0 bridgehead atoms. The molecule has 4 aromatic rings. The van der Waals surface area contributed by atoms with Gasteiger partial charge in [0, 0.05) is 19.4 Å². The van der Waals surface area contributed by atoms with Crippen molar-refractivity contribution >= 4 is 0 Å². The Bertz CT molecular complexity index is 1070. The molecule has 126 valence electrons. The van der Waals surface area contributed by atoms with Crippen molar-refractivity contribution in [2.24, 2.45) is 0 Å². The molecule has 1 aromatic heterocycles. The highest BCUT2D eigenvalue weighted by molar-refractivity contribution is 5.80. The number of aryl methyl sites for hydroxylation is 1. The SMILES string of the molecule is [2H]C([2H])(C)c1nc(-c2ccccc2)c(-c2ccccc2)nc1-c1ccccc1. The number of rotatable bonds is 4. The summed E-state index contributed by atoms with van der Waals surface area (Å²) >= 11 is 0. The zero-order valence-electron chi connectivity index (χ0n) is 16.6. The van der Waals surface area contributed by atoms with Gasteiger partial charge in [-0.3, -0.25) is 0 Å². The zero-order valence-corrected chi connectivity index (χ0v) is 14.6. The van der Waals surface area contributed by atoms with Gasteiger partial charge in [-0.2, -0.15) is 0 Å². The highest BCUT2D eigenvalue weighted by atomic mass is 14.9. The lowest BCUT2D eigenvalue weighted by Crippen LogP contribution is -2.02. The van der Waals surface area contributed by atoms with Crippen molar-refractivity contribution in [3.05, 3.63) is 96.7 Å². The number of hydrogen-bond acceptors (Lipinski definition) is 2. The summed E-state index contributed by atoms with van der Waals surface area (Å²) in [5, 5.41) is 0. The maximum Gasteiger partial charge on any atom is 0.0973 e. The van der Waals surface area contributed by atoms with Crippen LogP contribution in [0.15, 0.2) is 91.0 Å². The monoisotopic (exact) mass is 338 g/mol. The van der Waals surface area contributed by atoms with Crippen molar-refractivity contribution in [3.63, 3.8) is 0 Å². The van der Waals surface area contributed by atoms with Gasteiger partial charge in [-0.15, -0.1) is 0 Å². The second-order valence-electron chi connectivity index (χ2n) is 5.97. The van der Waals surface area contributed by atoms with Crippen molar-refractivity contribution in [1.29, 1.82) is 0 Å². The van der Waals surface area contributed by atoms with Crippen LogP contribution in [0.3, 0.4) is 0 Å². The van der Waals surface area contributed by atoms with Crippen molar-refractivity contribution in [3.8, 4) is 33.8 Å². The van der Waals surface area contributed by atoms with E-state index in [4.69, 9.17) is 12.7 Å². The molecule has 0 fully saturated rings. The number of aromatic nitrogens is 2. The molecule has 0 atom stereocenters. The summed E-state index contributed by atoms with van der Waals surface area (Å²) in [7, 11) is 0. The molecule has 3 aromatic carbocycles. The highest BCUT2D eigenvalue weighted by Gasteiger charge is 2.16. The van der Waals surface area contributed by atoms with E-state index in [-0.39, 0.29) is 0 Å². The quantitative estimate of drug-likeness (QED) is 0.453. The Labute approximate surface area is 157 Å². The van der Waals surface area contributed by atoms with Gasteiger partial charge in [-0.25, -0.2) is 9.97 Å². The molecule has 0 aliphatic carbocycles. The molecule has 0 radical (unpaired) electrons. The van der Waals surface area contributed by atoms with Crippen LogP contribution in [-0.2, 0) is 6.37 Å². The summed E-state index contributed by atoms with van der Waals surface area (Å²) in [6.45, 7) is 1.53. The third kappa shape index (κ3) is 3.14. The molecule has 2 nitrogen and oxygen atoms in total. The Morgan fingerprint density at radius 1 is 0.577 bits per heavy atom. The first-order chi connectivity index (χ1) is 13.5. The van der Waals surface area contributed by atoms with E-state index in [0.29, 0.717) is 17.1 Å². The lowest BCUT2D eigenvalue weighted by molar-refractivity contribution is 1.01. The molecule has 0 unspecified atom stereocenters. The van der Waals surface area contributed by atoms with Crippen molar-refractivity contribution in [2.45, 2.75) is 13.3 Å². The summed E-state index contributed by atoms with van der Waals surface area (Å²) in [5.74, 6) is 0. The van der Waals surface area contributed by atoms with E-state index >= 15 is 0 Å². The Balaban J connectivity index is 2.06. The number of hydrogen-bond donors (Lipinski definition) is 0. The Morgan fingerprint density at radius 3 is 1.38 bits per heavy atom. The molecule has 0 saturated carbocycles. The normalized spacial score (nSPS) is 12.3. The van der Waals surface area contributed by atoms with Crippen LogP contribution in [0, 0.1) is 0 Å². The molecule has 0 amide bonds. The minimum Gasteiger partial charge on any atom is -0.248 e. The average molecular weight is 338 g/mol. The van der Waals surface area contributed by atoms with Crippen LogP contribution in [0.5, 0.6) is 0 Å². The summed E-state index contributed by atoms with van der Waals surface area (Å²) in [4.78, 5) is 9.78. The van der Waals surface area contributed by atoms with E-state index in [1.54, 1.807) is 0 Å². The first kappa shape index (κ1) is 14.0. The van der Waals surface area contributed by atoms with Crippen LogP contribution in [-0.4, -0.2) is 9.97 Å². The van der Waals surface area contributed by atoms with Gasteiger partial charge in [0.25, 0.3) is 0 Å². The van der Waals surface area contributed by atoms with Gasteiger partial charge in [-0.05, 0) is 6.37 Å². The Morgan fingerprint density at radius 2 is 0.962 bits per heavy atom. The van der Waals surface area contributed by atoms with Crippen molar-refractivity contribution in [2.75, 3.05) is 0 Å². The Kier molecular flexibility index (Phi) is 3.93. The van der Waals surface area contributed by atoms with Crippen molar-refractivity contribution < 1.29 is 2.74 Å². The Hall–Kier alpha value is -3.26. The molecule has 0 spiro atoms. The van der Waals surface area contributed by atoms with Gasteiger partial charge in [-0.1, -0.05) is 97.9 Å². The van der Waals surface area contributed by atoms with Crippen LogP contribution in [0.25, 0.3) is 33.8 Å². The van der Waals surface area contributed by atoms with Gasteiger partial charge in [0.1, 0.15) is 0 Å². The molecular formula is C24H20N2. The third-order valence-electron chi connectivity index (χ3n) is 4.27. The lowest BCUT2D eigenvalue weighted by atomic mass is 10.0. The largest absolute Gasteiger partial charge is 0.248 e. The maximum atomic E-state index is 8.36. The fourth-order valence-electron chi connectivity index (χ4n) is 3.00. The first-order valence-electron chi connectivity index (χ1n) is 9.63. The fourth-order valence-corrected chi connectivity index (χ4v) is 3.00. The summed E-state index contributed by atoms with van der Waals surface area (Å²) in [5.41, 5.74) is 5.08. The van der Waals surface area contributed by atoms with Crippen molar-refractivity contribution in [1.82, 2.24) is 9.97 Å².